The van der Waals surface area contributed by atoms with Crippen LogP contribution in [0.5, 0.6) is 5.88 Å². The highest BCUT2D eigenvalue weighted by Crippen LogP contribution is 2.46. The smallest absolute Gasteiger partial charge is 0.258 e. The van der Waals surface area contributed by atoms with E-state index in [0.29, 0.717) is 22.6 Å². The van der Waals surface area contributed by atoms with Gasteiger partial charge >= 0.3 is 0 Å². The fourth-order valence-corrected chi connectivity index (χ4v) is 4.19. The molecular formula is C17H18N2O2S. The lowest BCUT2D eigenvalue weighted by Gasteiger charge is -2.43. The molecule has 1 aliphatic heterocycles. The molecule has 2 N–H and O–H groups in total. The van der Waals surface area contributed by atoms with Crippen LogP contribution in [0.1, 0.15) is 41.5 Å². The molecule has 0 radical (unpaired) electrons. The Morgan fingerprint density at radius 1 is 1.23 bits per heavy atom. The Bertz CT molecular complexity index is 868. The summed E-state index contributed by atoms with van der Waals surface area (Å²) in [7, 11) is 0. The van der Waals surface area contributed by atoms with Crippen molar-refractivity contribution in [2.75, 3.05) is 0 Å². The van der Waals surface area contributed by atoms with Crippen molar-refractivity contribution in [3.63, 3.8) is 0 Å². The van der Waals surface area contributed by atoms with Crippen LogP contribution >= 0.6 is 12.2 Å². The van der Waals surface area contributed by atoms with E-state index in [0.717, 1.165) is 25.7 Å². The van der Waals surface area contributed by atoms with E-state index in [1.54, 1.807) is 0 Å². The maximum absolute atomic E-state index is 12.0. The fourth-order valence-electron chi connectivity index (χ4n) is 4.01. The predicted molar refractivity (Wildman–Crippen MR) is 87.0 cm³/mol. The van der Waals surface area contributed by atoms with Gasteiger partial charge in [-0.3, -0.25) is 9.78 Å². The lowest BCUT2D eigenvalue weighted by molar-refractivity contribution is 0.0188. The molecule has 2 heterocycles. The van der Waals surface area contributed by atoms with E-state index in [1.165, 1.54) is 16.7 Å². The molecule has 22 heavy (non-hydrogen) atoms. The molecule has 0 amide bonds. The SMILES string of the molecule is Cc1cccc2c1C1(CCC2)CCc2c([nH]c(=S)[nH]c2=O)O1. The second-order valence-electron chi connectivity index (χ2n) is 6.27. The monoisotopic (exact) mass is 314 g/mol. The minimum Gasteiger partial charge on any atom is -0.467 e. The Hall–Kier alpha value is -1.88. The van der Waals surface area contributed by atoms with E-state index in [4.69, 9.17) is 17.0 Å². The maximum atomic E-state index is 12.0. The number of hydrogen-bond donors (Lipinski definition) is 2. The predicted octanol–water partition coefficient (Wildman–Crippen LogP) is 3.30. The Morgan fingerprint density at radius 3 is 2.95 bits per heavy atom. The first-order valence-corrected chi connectivity index (χ1v) is 8.13. The second kappa shape index (κ2) is 4.81. The van der Waals surface area contributed by atoms with Crippen LogP contribution < -0.4 is 10.3 Å². The van der Waals surface area contributed by atoms with Crippen LogP contribution in [0.2, 0.25) is 0 Å². The lowest BCUT2D eigenvalue weighted by atomic mass is 9.73. The lowest BCUT2D eigenvalue weighted by Crippen LogP contribution is -2.42. The first kappa shape index (κ1) is 13.8. The van der Waals surface area contributed by atoms with Gasteiger partial charge in [-0.2, -0.15) is 0 Å². The zero-order valence-corrected chi connectivity index (χ0v) is 13.3. The molecule has 2 aliphatic rings. The first-order chi connectivity index (χ1) is 10.6. The summed E-state index contributed by atoms with van der Waals surface area (Å²) in [6.07, 6.45) is 4.74. The van der Waals surface area contributed by atoms with E-state index in [1.807, 2.05) is 0 Å². The van der Waals surface area contributed by atoms with Gasteiger partial charge in [0.2, 0.25) is 5.88 Å². The van der Waals surface area contributed by atoms with E-state index in [-0.39, 0.29) is 11.2 Å². The largest absolute Gasteiger partial charge is 0.467 e. The van der Waals surface area contributed by atoms with Gasteiger partial charge in [-0.1, -0.05) is 18.2 Å². The van der Waals surface area contributed by atoms with Crippen molar-refractivity contribution in [2.45, 2.75) is 44.6 Å². The minimum atomic E-state index is -0.321. The molecular weight excluding hydrogens is 296 g/mol. The zero-order chi connectivity index (χ0) is 15.3. The number of H-pyrrole nitrogens is 2. The molecule has 114 valence electrons. The number of fused-ring (bicyclic) bond motifs is 3. The summed E-state index contributed by atoms with van der Waals surface area (Å²) in [6.45, 7) is 2.14. The van der Waals surface area contributed by atoms with E-state index >= 15 is 0 Å². The molecule has 1 spiro atoms. The molecule has 2 aromatic rings. The third kappa shape index (κ3) is 1.96. The summed E-state index contributed by atoms with van der Waals surface area (Å²) in [5.74, 6) is 0.552. The Balaban J connectivity index is 1.89. The van der Waals surface area contributed by atoms with Crippen LogP contribution in [0.4, 0.5) is 0 Å². The van der Waals surface area contributed by atoms with Gasteiger partial charge in [-0.05, 0) is 62.4 Å². The van der Waals surface area contributed by atoms with Crippen LogP contribution in [0.3, 0.4) is 0 Å². The van der Waals surface area contributed by atoms with Gasteiger partial charge in [0.05, 0.1) is 5.56 Å². The van der Waals surface area contributed by atoms with Crippen molar-refractivity contribution in [2.24, 2.45) is 0 Å². The van der Waals surface area contributed by atoms with Gasteiger partial charge in [-0.15, -0.1) is 0 Å². The summed E-state index contributed by atoms with van der Waals surface area (Å²) >= 11 is 5.09. The quantitative estimate of drug-likeness (QED) is 0.734. The number of aromatic amines is 2. The van der Waals surface area contributed by atoms with Gasteiger partial charge in [0.25, 0.3) is 5.56 Å². The number of nitrogens with one attached hydrogen (secondary N) is 2. The number of ether oxygens (including phenoxy) is 1. The highest BCUT2D eigenvalue weighted by atomic mass is 32.1. The Morgan fingerprint density at radius 2 is 2.09 bits per heavy atom. The topological polar surface area (TPSA) is 57.9 Å². The molecule has 4 nitrogen and oxygen atoms in total. The van der Waals surface area contributed by atoms with E-state index in [9.17, 15) is 4.79 Å². The number of rotatable bonds is 0. The van der Waals surface area contributed by atoms with Gasteiger partial charge < -0.3 is 9.72 Å². The molecule has 0 fully saturated rings. The zero-order valence-electron chi connectivity index (χ0n) is 12.5. The first-order valence-electron chi connectivity index (χ1n) is 7.72. The van der Waals surface area contributed by atoms with Crippen LogP contribution in [-0.4, -0.2) is 9.97 Å². The summed E-state index contributed by atoms with van der Waals surface area (Å²) in [5.41, 5.74) is 4.18. The molecule has 1 aromatic heterocycles. The number of hydrogen-bond acceptors (Lipinski definition) is 3. The molecule has 1 unspecified atom stereocenters. The third-order valence-electron chi connectivity index (χ3n) is 4.92. The van der Waals surface area contributed by atoms with Crippen molar-refractivity contribution >= 4 is 12.2 Å². The molecule has 4 rings (SSSR count). The van der Waals surface area contributed by atoms with Crippen LogP contribution in [0, 0.1) is 11.7 Å². The third-order valence-corrected chi connectivity index (χ3v) is 5.12. The summed E-state index contributed by atoms with van der Waals surface area (Å²) in [5, 5.41) is 0. The molecule has 0 saturated carbocycles. The van der Waals surface area contributed by atoms with Gasteiger partial charge in [0.15, 0.2) is 4.77 Å². The molecule has 1 aromatic carbocycles. The maximum Gasteiger partial charge on any atom is 0.258 e. The summed E-state index contributed by atoms with van der Waals surface area (Å²) in [4.78, 5) is 17.7. The van der Waals surface area contributed by atoms with E-state index < -0.39 is 0 Å². The van der Waals surface area contributed by atoms with E-state index in [2.05, 4.69) is 35.1 Å². The van der Waals surface area contributed by atoms with Crippen molar-refractivity contribution in [3.8, 4) is 5.88 Å². The molecule has 0 saturated heterocycles. The van der Waals surface area contributed by atoms with Gasteiger partial charge in [0.1, 0.15) is 5.60 Å². The van der Waals surface area contributed by atoms with Crippen molar-refractivity contribution in [1.29, 1.82) is 0 Å². The highest BCUT2D eigenvalue weighted by molar-refractivity contribution is 7.71. The Kier molecular flexibility index (Phi) is 3.01. The number of aryl methyl sites for hydroxylation is 2. The average Bonchev–Trinajstić information content (AvgIpc) is 2.46. The minimum absolute atomic E-state index is 0.130. The molecule has 5 heteroatoms. The van der Waals surface area contributed by atoms with Crippen LogP contribution in [0.15, 0.2) is 23.0 Å². The van der Waals surface area contributed by atoms with Crippen molar-refractivity contribution in [1.82, 2.24) is 9.97 Å². The standard InChI is InChI=1S/C17H18N2O2S/c1-10-4-2-5-11-6-3-8-17(13(10)11)9-7-12-14(20)18-16(22)19-15(12)21-17/h2,4-5H,3,6-9H2,1H3,(H2,18,19,20,22). The number of aromatic nitrogens is 2. The molecule has 1 aliphatic carbocycles. The van der Waals surface area contributed by atoms with Gasteiger partial charge in [0, 0.05) is 5.56 Å². The summed E-state index contributed by atoms with van der Waals surface area (Å²) < 4.78 is 6.71. The fraction of sp³-hybridized carbons (Fsp3) is 0.412. The molecule has 0 bridgehead atoms. The van der Waals surface area contributed by atoms with Gasteiger partial charge in [-0.25, -0.2) is 0 Å². The normalized spacial score (nSPS) is 22.8. The van der Waals surface area contributed by atoms with Crippen molar-refractivity contribution in [3.05, 3.63) is 55.6 Å². The van der Waals surface area contributed by atoms with Crippen LogP contribution in [-0.2, 0) is 18.4 Å². The highest BCUT2D eigenvalue weighted by Gasteiger charge is 2.43. The molecule has 1 atom stereocenters. The Labute approximate surface area is 133 Å². The number of benzene rings is 1. The average molecular weight is 314 g/mol. The summed E-state index contributed by atoms with van der Waals surface area (Å²) in [6, 6.07) is 6.45. The second-order valence-corrected chi connectivity index (χ2v) is 6.68. The van der Waals surface area contributed by atoms with Crippen molar-refractivity contribution < 1.29 is 4.74 Å². The van der Waals surface area contributed by atoms with Crippen LogP contribution in [0.25, 0.3) is 0 Å².